The van der Waals surface area contributed by atoms with Crippen LogP contribution in [0.15, 0.2) is 18.2 Å². The van der Waals surface area contributed by atoms with Gasteiger partial charge in [0.2, 0.25) is 5.91 Å². The Morgan fingerprint density at radius 2 is 2.05 bits per heavy atom. The molecule has 0 aromatic heterocycles. The molecule has 5 nitrogen and oxygen atoms in total. The van der Waals surface area contributed by atoms with Crippen LogP contribution in [0.5, 0.6) is 5.75 Å². The largest absolute Gasteiger partial charge is 0.494 e. The zero-order chi connectivity index (χ0) is 15.3. The molecule has 0 aliphatic carbocycles. The van der Waals surface area contributed by atoms with E-state index in [4.69, 9.17) is 9.84 Å². The molecule has 1 N–H and O–H groups in total. The number of hydrogen-bond acceptors (Lipinski definition) is 3. The van der Waals surface area contributed by atoms with Gasteiger partial charge in [0.1, 0.15) is 6.54 Å². The molecule has 0 aliphatic heterocycles. The average molecular weight is 283 g/mol. The average Bonchev–Trinajstić information content (AvgIpc) is 2.35. The molecule has 20 heavy (non-hydrogen) atoms. The van der Waals surface area contributed by atoms with Crippen molar-refractivity contribution in [3.8, 4) is 5.75 Å². The van der Waals surface area contributed by atoms with Crippen LogP contribution in [0.3, 0.4) is 0 Å². The van der Waals surface area contributed by atoms with Crippen molar-refractivity contribution in [2.24, 2.45) is 0 Å². The molecule has 0 fully saturated rings. The van der Waals surface area contributed by atoms with Crippen molar-refractivity contribution in [3.05, 3.63) is 29.6 Å². The number of carboxylic acid groups (broad SMARTS) is 1. The topological polar surface area (TPSA) is 66.8 Å². The van der Waals surface area contributed by atoms with E-state index in [2.05, 4.69) is 0 Å². The summed E-state index contributed by atoms with van der Waals surface area (Å²) < 4.78 is 18.3. The van der Waals surface area contributed by atoms with E-state index in [9.17, 15) is 14.0 Å². The molecule has 0 saturated carbocycles. The van der Waals surface area contributed by atoms with Gasteiger partial charge in [0, 0.05) is 6.04 Å². The van der Waals surface area contributed by atoms with E-state index < -0.39 is 11.8 Å². The molecule has 1 amide bonds. The number of methoxy groups -OCH3 is 1. The Hall–Kier alpha value is -2.11. The second kappa shape index (κ2) is 6.88. The van der Waals surface area contributed by atoms with Gasteiger partial charge >= 0.3 is 5.97 Å². The van der Waals surface area contributed by atoms with E-state index >= 15 is 0 Å². The Morgan fingerprint density at radius 1 is 1.40 bits per heavy atom. The van der Waals surface area contributed by atoms with Crippen LogP contribution >= 0.6 is 0 Å². The van der Waals surface area contributed by atoms with Crippen LogP contribution in [-0.4, -0.2) is 41.6 Å². The third kappa shape index (κ3) is 4.22. The molecule has 110 valence electrons. The van der Waals surface area contributed by atoms with Crippen LogP contribution in [-0.2, 0) is 16.0 Å². The van der Waals surface area contributed by atoms with Gasteiger partial charge in [-0.1, -0.05) is 6.07 Å². The van der Waals surface area contributed by atoms with E-state index in [0.29, 0.717) is 5.56 Å². The second-order valence-electron chi connectivity index (χ2n) is 4.65. The fourth-order valence-corrected chi connectivity index (χ4v) is 1.80. The van der Waals surface area contributed by atoms with E-state index in [1.54, 1.807) is 19.9 Å². The molecular formula is C14H18FNO4. The summed E-state index contributed by atoms with van der Waals surface area (Å²) in [4.78, 5) is 24.0. The number of amides is 1. The standard InChI is InChI=1S/C14H18FNO4/c1-9(2)16(8-14(18)19)13(17)7-10-4-5-12(20-3)11(15)6-10/h4-6,9H,7-8H2,1-3H3,(H,18,19). The lowest BCUT2D eigenvalue weighted by Crippen LogP contribution is -2.41. The third-order valence-corrected chi connectivity index (χ3v) is 2.82. The number of carbonyl (C=O) groups excluding carboxylic acids is 1. The van der Waals surface area contributed by atoms with E-state index in [-0.39, 0.29) is 30.7 Å². The monoisotopic (exact) mass is 283 g/mol. The maximum atomic E-state index is 13.5. The van der Waals surface area contributed by atoms with Gasteiger partial charge < -0.3 is 14.7 Å². The van der Waals surface area contributed by atoms with Crippen molar-refractivity contribution < 1.29 is 23.8 Å². The molecule has 0 saturated heterocycles. The molecular weight excluding hydrogens is 265 g/mol. The van der Waals surface area contributed by atoms with Crippen LogP contribution in [0.1, 0.15) is 19.4 Å². The van der Waals surface area contributed by atoms with Gasteiger partial charge in [-0.25, -0.2) is 4.39 Å². The summed E-state index contributed by atoms with van der Waals surface area (Å²) in [6.45, 7) is 3.10. The molecule has 1 rings (SSSR count). The second-order valence-corrected chi connectivity index (χ2v) is 4.65. The maximum Gasteiger partial charge on any atom is 0.323 e. The number of halogens is 1. The van der Waals surface area contributed by atoms with Gasteiger partial charge in [0.15, 0.2) is 11.6 Å². The summed E-state index contributed by atoms with van der Waals surface area (Å²) in [5.74, 6) is -1.88. The summed E-state index contributed by atoms with van der Waals surface area (Å²) >= 11 is 0. The number of ether oxygens (including phenoxy) is 1. The van der Waals surface area contributed by atoms with Crippen molar-refractivity contribution in [1.82, 2.24) is 4.90 Å². The highest BCUT2D eigenvalue weighted by molar-refractivity contribution is 5.83. The Balaban J connectivity index is 2.82. The summed E-state index contributed by atoms with van der Waals surface area (Å²) in [5.41, 5.74) is 0.476. The normalized spacial score (nSPS) is 10.4. The van der Waals surface area contributed by atoms with Crippen molar-refractivity contribution in [2.75, 3.05) is 13.7 Å². The summed E-state index contributed by atoms with van der Waals surface area (Å²) in [6, 6.07) is 4.01. The Labute approximate surface area is 117 Å². The number of rotatable bonds is 6. The van der Waals surface area contributed by atoms with Crippen molar-refractivity contribution in [2.45, 2.75) is 26.3 Å². The van der Waals surface area contributed by atoms with Gasteiger partial charge in [0.05, 0.1) is 13.5 Å². The first-order valence-corrected chi connectivity index (χ1v) is 6.18. The number of hydrogen-bond donors (Lipinski definition) is 1. The van der Waals surface area contributed by atoms with Crippen LogP contribution in [0.2, 0.25) is 0 Å². The first-order chi connectivity index (χ1) is 9.35. The Kier molecular flexibility index (Phi) is 5.49. The van der Waals surface area contributed by atoms with Crippen LogP contribution < -0.4 is 4.74 Å². The predicted octanol–water partition coefficient (Wildman–Crippen LogP) is 1.70. The van der Waals surface area contributed by atoms with Gasteiger partial charge in [0.25, 0.3) is 0 Å². The van der Waals surface area contributed by atoms with Crippen LogP contribution in [0.25, 0.3) is 0 Å². The number of nitrogens with zero attached hydrogens (tertiary/aromatic N) is 1. The van der Waals surface area contributed by atoms with Crippen molar-refractivity contribution in [3.63, 3.8) is 0 Å². The molecule has 0 radical (unpaired) electrons. The molecule has 0 bridgehead atoms. The lowest BCUT2D eigenvalue weighted by molar-refractivity contribution is -0.145. The van der Waals surface area contributed by atoms with E-state index in [1.165, 1.54) is 24.1 Å². The highest BCUT2D eigenvalue weighted by Gasteiger charge is 2.20. The molecule has 1 aromatic carbocycles. The Bertz CT molecular complexity index is 502. The molecule has 0 spiro atoms. The van der Waals surface area contributed by atoms with Gasteiger partial charge in [-0.15, -0.1) is 0 Å². The van der Waals surface area contributed by atoms with Crippen LogP contribution in [0, 0.1) is 5.82 Å². The summed E-state index contributed by atoms with van der Waals surface area (Å²) in [6.07, 6.45) is -0.0492. The van der Waals surface area contributed by atoms with Crippen LogP contribution in [0.4, 0.5) is 4.39 Å². The van der Waals surface area contributed by atoms with E-state index in [1.807, 2.05) is 0 Å². The third-order valence-electron chi connectivity index (χ3n) is 2.82. The zero-order valence-electron chi connectivity index (χ0n) is 11.7. The fraction of sp³-hybridized carbons (Fsp3) is 0.429. The summed E-state index contributed by atoms with van der Waals surface area (Å²) in [5, 5.41) is 8.79. The molecule has 1 aromatic rings. The minimum absolute atomic E-state index is 0.0492. The van der Waals surface area contributed by atoms with Crippen molar-refractivity contribution in [1.29, 1.82) is 0 Å². The number of aliphatic carboxylic acids is 1. The van der Waals surface area contributed by atoms with Gasteiger partial charge in [-0.3, -0.25) is 9.59 Å². The SMILES string of the molecule is COc1ccc(CC(=O)N(CC(=O)O)C(C)C)cc1F. The molecule has 0 atom stereocenters. The quantitative estimate of drug-likeness (QED) is 0.863. The smallest absolute Gasteiger partial charge is 0.323 e. The maximum absolute atomic E-state index is 13.5. The molecule has 0 aliphatic rings. The highest BCUT2D eigenvalue weighted by atomic mass is 19.1. The number of carbonyl (C=O) groups is 2. The summed E-state index contributed by atoms with van der Waals surface area (Å²) in [7, 11) is 1.36. The fourth-order valence-electron chi connectivity index (χ4n) is 1.80. The Morgan fingerprint density at radius 3 is 2.50 bits per heavy atom. The van der Waals surface area contributed by atoms with Gasteiger partial charge in [-0.05, 0) is 31.5 Å². The minimum Gasteiger partial charge on any atom is -0.494 e. The number of benzene rings is 1. The van der Waals surface area contributed by atoms with Crippen molar-refractivity contribution >= 4 is 11.9 Å². The first-order valence-electron chi connectivity index (χ1n) is 6.18. The highest BCUT2D eigenvalue weighted by Crippen LogP contribution is 2.18. The van der Waals surface area contributed by atoms with Gasteiger partial charge in [-0.2, -0.15) is 0 Å². The number of carboxylic acids is 1. The first kappa shape index (κ1) is 15.9. The molecule has 6 heteroatoms. The predicted molar refractivity (Wildman–Crippen MR) is 71.1 cm³/mol. The molecule has 0 unspecified atom stereocenters. The lowest BCUT2D eigenvalue weighted by atomic mass is 10.1. The van der Waals surface area contributed by atoms with E-state index in [0.717, 1.165) is 0 Å². The minimum atomic E-state index is -1.08. The lowest BCUT2D eigenvalue weighted by Gasteiger charge is -2.25. The zero-order valence-corrected chi connectivity index (χ0v) is 11.7. The molecule has 0 heterocycles.